The molecule has 0 bridgehead atoms. The molecule has 3 aromatic carbocycles. The number of rotatable bonds is 4. The second-order valence-corrected chi connectivity index (χ2v) is 7.67. The number of carbonyl (C=O) groups is 2. The van der Waals surface area contributed by atoms with Gasteiger partial charge in [0.15, 0.2) is 0 Å². The first-order valence-electron chi connectivity index (χ1n) is 9.11. The van der Waals surface area contributed by atoms with Crippen molar-refractivity contribution in [1.29, 1.82) is 0 Å². The molecule has 29 heavy (non-hydrogen) atoms. The molecule has 6 heteroatoms. The molecule has 1 aliphatic carbocycles. The predicted octanol–water partition coefficient (Wildman–Crippen LogP) is 5.82. The molecule has 1 amide bonds. The Labute approximate surface area is 176 Å². The molecule has 1 aliphatic rings. The van der Waals surface area contributed by atoms with Crippen molar-refractivity contribution in [3.8, 4) is 11.1 Å². The molecule has 0 saturated heterocycles. The summed E-state index contributed by atoms with van der Waals surface area (Å²) < 4.78 is 6.03. The Kier molecular flexibility index (Phi) is 5.11. The number of aromatic carboxylic acids is 1. The summed E-state index contributed by atoms with van der Waals surface area (Å²) in [4.78, 5) is 24.0. The number of ether oxygens (including phenoxy) is 1. The summed E-state index contributed by atoms with van der Waals surface area (Å²) in [5.41, 5.74) is 5.52. The molecule has 0 radical (unpaired) electrons. The van der Waals surface area contributed by atoms with Crippen molar-refractivity contribution in [2.75, 3.05) is 11.9 Å². The molecular weight excluding hydrogens is 434 g/mol. The van der Waals surface area contributed by atoms with Gasteiger partial charge in [-0.1, -0.05) is 54.6 Å². The van der Waals surface area contributed by atoms with Crippen LogP contribution in [0.1, 0.15) is 33.0 Å². The van der Waals surface area contributed by atoms with Gasteiger partial charge in [0.1, 0.15) is 6.61 Å². The summed E-state index contributed by atoms with van der Waals surface area (Å²) in [6.45, 7) is 1.98. The first-order valence-corrected chi connectivity index (χ1v) is 9.91. The highest BCUT2D eigenvalue weighted by molar-refractivity contribution is 9.10. The first-order chi connectivity index (χ1) is 14.0. The van der Waals surface area contributed by atoms with Gasteiger partial charge >= 0.3 is 12.1 Å². The van der Waals surface area contributed by atoms with E-state index in [4.69, 9.17) is 4.74 Å². The summed E-state index contributed by atoms with van der Waals surface area (Å²) in [5, 5.41) is 12.0. The highest BCUT2D eigenvalue weighted by atomic mass is 79.9. The van der Waals surface area contributed by atoms with Crippen molar-refractivity contribution in [2.24, 2.45) is 0 Å². The molecular formula is C23H18BrNO4. The second kappa shape index (κ2) is 7.72. The lowest BCUT2D eigenvalue weighted by Gasteiger charge is -2.16. The standard InChI is InChI=1S/C23H18BrNO4/c1-13-10-11-18(22(26)27)21(20(13)24)25-23(28)29-12-19-16-8-4-2-6-14(16)15-7-3-5-9-17(15)19/h2-11,19H,12H2,1H3,(H,25,28)(H,26,27). The van der Waals surface area contributed by atoms with Crippen LogP contribution in [0.25, 0.3) is 11.1 Å². The minimum absolute atomic E-state index is 0.00372. The fourth-order valence-electron chi connectivity index (χ4n) is 3.72. The Balaban J connectivity index is 1.55. The minimum atomic E-state index is -1.13. The molecule has 2 N–H and O–H groups in total. The molecule has 0 saturated carbocycles. The van der Waals surface area contributed by atoms with Gasteiger partial charge in [-0.25, -0.2) is 9.59 Å². The normalized spacial score (nSPS) is 12.2. The molecule has 146 valence electrons. The lowest BCUT2D eigenvalue weighted by atomic mass is 9.98. The van der Waals surface area contributed by atoms with Crippen molar-refractivity contribution < 1.29 is 19.4 Å². The molecule has 0 fully saturated rings. The molecule has 3 aromatic rings. The number of carboxylic acids is 1. The summed E-state index contributed by atoms with van der Waals surface area (Å²) in [7, 11) is 0. The van der Waals surface area contributed by atoms with E-state index in [0.29, 0.717) is 4.47 Å². The van der Waals surface area contributed by atoms with Crippen molar-refractivity contribution in [2.45, 2.75) is 12.8 Å². The van der Waals surface area contributed by atoms with E-state index in [1.165, 1.54) is 6.07 Å². The third kappa shape index (κ3) is 3.51. The van der Waals surface area contributed by atoms with Gasteiger partial charge in [-0.3, -0.25) is 5.32 Å². The fourth-order valence-corrected chi connectivity index (χ4v) is 4.16. The van der Waals surface area contributed by atoms with Crippen LogP contribution in [0.3, 0.4) is 0 Å². The van der Waals surface area contributed by atoms with Gasteiger partial charge in [-0.2, -0.15) is 0 Å². The Bertz CT molecular complexity index is 1080. The van der Waals surface area contributed by atoms with Gasteiger partial charge in [0, 0.05) is 10.4 Å². The SMILES string of the molecule is Cc1ccc(C(=O)O)c(NC(=O)OCC2c3ccccc3-c3ccccc32)c1Br. The Morgan fingerprint density at radius 3 is 2.17 bits per heavy atom. The molecule has 0 aromatic heterocycles. The van der Waals surface area contributed by atoms with Crippen LogP contribution in [0.2, 0.25) is 0 Å². The van der Waals surface area contributed by atoms with Gasteiger partial charge in [0.2, 0.25) is 0 Å². The maximum absolute atomic E-state index is 12.5. The number of fused-ring (bicyclic) bond motifs is 3. The van der Waals surface area contributed by atoms with Crippen LogP contribution in [-0.4, -0.2) is 23.8 Å². The maximum atomic E-state index is 12.5. The van der Waals surface area contributed by atoms with E-state index in [2.05, 4.69) is 33.4 Å². The van der Waals surface area contributed by atoms with E-state index >= 15 is 0 Å². The van der Waals surface area contributed by atoms with E-state index in [1.807, 2.05) is 43.3 Å². The van der Waals surface area contributed by atoms with E-state index in [0.717, 1.165) is 27.8 Å². The molecule has 0 aliphatic heterocycles. The number of hydrogen-bond donors (Lipinski definition) is 2. The monoisotopic (exact) mass is 451 g/mol. The Morgan fingerprint density at radius 1 is 1.00 bits per heavy atom. The number of hydrogen-bond acceptors (Lipinski definition) is 3. The van der Waals surface area contributed by atoms with E-state index in [1.54, 1.807) is 6.07 Å². The maximum Gasteiger partial charge on any atom is 0.411 e. The third-order valence-corrected chi connectivity index (χ3v) is 6.16. The van der Waals surface area contributed by atoms with Crippen molar-refractivity contribution in [3.05, 3.63) is 87.4 Å². The van der Waals surface area contributed by atoms with Gasteiger partial charge < -0.3 is 9.84 Å². The topological polar surface area (TPSA) is 75.6 Å². The summed E-state index contributed by atoms with van der Waals surface area (Å²) in [6, 6.07) is 19.3. The van der Waals surface area contributed by atoms with Crippen LogP contribution in [0.15, 0.2) is 65.1 Å². The van der Waals surface area contributed by atoms with E-state index in [9.17, 15) is 14.7 Å². The van der Waals surface area contributed by atoms with Crippen molar-refractivity contribution in [3.63, 3.8) is 0 Å². The number of nitrogens with one attached hydrogen (secondary N) is 1. The molecule has 0 atom stereocenters. The van der Waals surface area contributed by atoms with Gasteiger partial charge in [0.25, 0.3) is 0 Å². The number of anilines is 1. The van der Waals surface area contributed by atoms with Crippen LogP contribution >= 0.6 is 15.9 Å². The lowest BCUT2D eigenvalue weighted by Crippen LogP contribution is -2.20. The Morgan fingerprint density at radius 2 is 1.59 bits per heavy atom. The minimum Gasteiger partial charge on any atom is -0.478 e. The lowest BCUT2D eigenvalue weighted by molar-refractivity contribution is 0.0698. The summed E-state index contributed by atoms with van der Waals surface area (Å²) in [5.74, 6) is -1.19. The van der Waals surface area contributed by atoms with Crippen molar-refractivity contribution in [1.82, 2.24) is 0 Å². The molecule has 0 unspecified atom stereocenters. The molecule has 4 rings (SSSR count). The first kappa shape index (κ1) is 19.2. The zero-order valence-electron chi connectivity index (χ0n) is 15.6. The molecule has 0 heterocycles. The highest BCUT2D eigenvalue weighted by Gasteiger charge is 2.29. The molecule has 0 spiro atoms. The van der Waals surface area contributed by atoms with Gasteiger partial charge in [-0.15, -0.1) is 0 Å². The van der Waals surface area contributed by atoms with Crippen LogP contribution in [0.5, 0.6) is 0 Å². The number of benzene rings is 3. The number of halogens is 1. The van der Waals surface area contributed by atoms with Crippen LogP contribution in [0.4, 0.5) is 10.5 Å². The van der Waals surface area contributed by atoms with E-state index < -0.39 is 12.1 Å². The number of amides is 1. The van der Waals surface area contributed by atoms with Crippen molar-refractivity contribution >= 4 is 33.7 Å². The third-order valence-electron chi connectivity index (χ3n) is 5.14. The molecule has 5 nitrogen and oxygen atoms in total. The summed E-state index contributed by atoms with van der Waals surface area (Å²) in [6.07, 6.45) is -0.694. The quantitative estimate of drug-likeness (QED) is 0.524. The zero-order chi connectivity index (χ0) is 20.5. The largest absolute Gasteiger partial charge is 0.478 e. The van der Waals surface area contributed by atoms with Crippen LogP contribution in [0, 0.1) is 6.92 Å². The fraction of sp³-hybridized carbons (Fsp3) is 0.130. The second-order valence-electron chi connectivity index (χ2n) is 6.87. The average Bonchev–Trinajstić information content (AvgIpc) is 3.03. The van der Waals surface area contributed by atoms with Gasteiger partial charge in [-0.05, 0) is 56.7 Å². The number of carboxylic acid groups (broad SMARTS) is 1. The zero-order valence-corrected chi connectivity index (χ0v) is 17.2. The summed E-state index contributed by atoms with van der Waals surface area (Å²) >= 11 is 3.35. The predicted molar refractivity (Wildman–Crippen MR) is 115 cm³/mol. The average molecular weight is 452 g/mol. The highest BCUT2D eigenvalue weighted by Crippen LogP contribution is 2.44. The van der Waals surface area contributed by atoms with Crippen LogP contribution < -0.4 is 5.32 Å². The van der Waals surface area contributed by atoms with Gasteiger partial charge in [0.05, 0.1) is 11.3 Å². The van der Waals surface area contributed by atoms with E-state index in [-0.39, 0.29) is 23.8 Å². The Hall–Kier alpha value is -3.12. The number of aryl methyl sites for hydroxylation is 1. The smallest absolute Gasteiger partial charge is 0.411 e. The van der Waals surface area contributed by atoms with Crippen LogP contribution in [-0.2, 0) is 4.74 Å². The number of carbonyl (C=O) groups excluding carboxylic acids is 1.